The van der Waals surface area contributed by atoms with Gasteiger partial charge in [-0.15, -0.1) is 0 Å². The van der Waals surface area contributed by atoms with Crippen molar-refractivity contribution in [2.24, 2.45) is 0 Å². The minimum absolute atomic E-state index is 0.137. The van der Waals surface area contributed by atoms with Crippen LogP contribution in [0, 0.1) is 0 Å². The number of carbonyl (C=O) groups excluding carboxylic acids is 2. The Morgan fingerprint density at radius 2 is 1.76 bits per heavy atom. The Labute approximate surface area is 153 Å². The standard InChI is InChI=1S/C18H29NO5S/c20-16-9-7-5-3-1-2-4-6-8-13-10-14(23-16)11-18(22,24-13)15-12-25-17(21)19-15/h13-15,22H,1-12H2,(H,19,21)/t13?,14?,15-,18+/m0/s1. The molecule has 0 aromatic rings. The van der Waals surface area contributed by atoms with Gasteiger partial charge in [-0.25, -0.2) is 0 Å². The molecule has 0 spiro atoms. The molecule has 0 aromatic carbocycles. The van der Waals surface area contributed by atoms with E-state index in [-0.39, 0.29) is 29.8 Å². The van der Waals surface area contributed by atoms with Crippen molar-refractivity contribution in [3.05, 3.63) is 0 Å². The summed E-state index contributed by atoms with van der Waals surface area (Å²) in [5, 5.41) is 13.7. The molecular weight excluding hydrogens is 342 g/mol. The van der Waals surface area contributed by atoms with Crippen LogP contribution in [0.1, 0.15) is 70.6 Å². The molecule has 3 saturated heterocycles. The average Bonchev–Trinajstić information content (AvgIpc) is 2.99. The van der Waals surface area contributed by atoms with E-state index in [4.69, 9.17) is 9.47 Å². The molecule has 3 heterocycles. The van der Waals surface area contributed by atoms with Crippen LogP contribution < -0.4 is 5.32 Å². The predicted molar refractivity (Wildman–Crippen MR) is 95.3 cm³/mol. The number of ether oxygens (including phenoxy) is 2. The van der Waals surface area contributed by atoms with Crippen molar-refractivity contribution in [1.29, 1.82) is 0 Å². The molecular formula is C18H29NO5S. The van der Waals surface area contributed by atoms with Gasteiger partial charge in [0.25, 0.3) is 5.24 Å². The Kier molecular flexibility index (Phi) is 6.63. The molecule has 2 unspecified atom stereocenters. The first kappa shape index (κ1) is 19.0. The molecule has 142 valence electrons. The van der Waals surface area contributed by atoms with Gasteiger partial charge in [0.05, 0.1) is 12.1 Å². The largest absolute Gasteiger partial charge is 0.462 e. The summed E-state index contributed by atoms with van der Waals surface area (Å²) in [5.41, 5.74) is 0. The Balaban J connectivity index is 1.68. The van der Waals surface area contributed by atoms with Gasteiger partial charge in [-0.1, -0.05) is 50.3 Å². The number of aliphatic hydroxyl groups is 1. The zero-order chi connectivity index (χ0) is 17.7. The molecule has 3 rings (SSSR count). The second-order valence-electron chi connectivity index (χ2n) is 7.45. The second kappa shape index (κ2) is 8.73. The van der Waals surface area contributed by atoms with E-state index in [9.17, 15) is 14.7 Å². The number of amides is 1. The summed E-state index contributed by atoms with van der Waals surface area (Å²) in [5.74, 6) is -1.16. The summed E-state index contributed by atoms with van der Waals surface area (Å²) in [4.78, 5) is 23.6. The number of hydrogen-bond donors (Lipinski definition) is 2. The van der Waals surface area contributed by atoms with E-state index in [1.54, 1.807) is 0 Å². The van der Waals surface area contributed by atoms with Crippen molar-refractivity contribution in [1.82, 2.24) is 5.32 Å². The van der Waals surface area contributed by atoms with E-state index in [0.29, 0.717) is 18.6 Å². The lowest BCUT2D eigenvalue weighted by atomic mass is 9.91. The van der Waals surface area contributed by atoms with Crippen molar-refractivity contribution >= 4 is 23.0 Å². The third-order valence-electron chi connectivity index (χ3n) is 5.34. The van der Waals surface area contributed by atoms with Gasteiger partial charge in [-0.05, 0) is 12.8 Å². The van der Waals surface area contributed by atoms with E-state index in [1.807, 2.05) is 0 Å². The normalized spacial score (nSPS) is 38.5. The van der Waals surface area contributed by atoms with Gasteiger partial charge >= 0.3 is 5.97 Å². The molecule has 2 bridgehead atoms. The zero-order valence-electron chi connectivity index (χ0n) is 14.7. The maximum Gasteiger partial charge on any atom is 0.306 e. The van der Waals surface area contributed by atoms with Gasteiger partial charge in [-0.2, -0.15) is 0 Å². The van der Waals surface area contributed by atoms with Crippen LogP contribution in [-0.4, -0.2) is 46.1 Å². The quantitative estimate of drug-likeness (QED) is 0.689. The van der Waals surface area contributed by atoms with E-state index >= 15 is 0 Å². The van der Waals surface area contributed by atoms with Crippen molar-refractivity contribution in [3.8, 4) is 0 Å². The summed E-state index contributed by atoms with van der Waals surface area (Å²) in [6.07, 6.45) is 9.40. The fourth-order valence-electron chi connectivity index (χ4n) is 3.98. The molecule has 6 nitrogen and oxygen atoms in total. The number of esters is 1. The summed E-state index contributed by atoms with van der Waals surface area (Å²) < 4.78 is 11.7. The third-order valence-corrected chi connectivity index (χ3v) is 6.22. The lowest BCUT2D eigenvalue weighted by molar-refractivity contribution is -0.284. The molecule has 25 heavy (non-hydrogen) atoms. The van der Waals surface area contributed by atoms with Crippen LogP contribution in [0.15, 0.2) is 0 Å². The lowest BCUT2D eigenvalue weighted by Gasteiger charge is -2.43. The fraction of sp³-hybridized carbons (Fsp3) is 0.889. The number of carbonyl (C=O) groups is 2. The van der Waals surface area contributed by atoms with Gasteiger partial charge in [0.1, 0.15) is 6.10 Å². The van der Waals surface area contributed by atoms with Crippen LogP contribution in [0.3, 0.4) is 0 Å². The smallest absolute Gasteiger partial charge is 0.306 e. The van der Waals surface area contributed by atoms with Crippen LogP contribution in [0.2, 0.25) is 0 Å². The highest BCUT2D eigenvalue weighted by Gasteiger charge is 2.49. The molecule has 1 amide bonds. The lowest BCUT2D eigenvalue weighted by Crippen LogP contribution is -2.58. The van der Waals surface area contributed by atoms with Gasteiger partial charge in [-0.3, -0.25) is 9.59 Å². The maximum atomic E-state index is 12.1. The predicted octanol–water partition coefficient (Wildman–Crippen LogP) is 3.12. The summed E-state index contributed by atoms with van der Waals surface area (Å²) in [6, 6.07) is -0.451. The molecule has 0 saturated carbocycles. The van der Waals surface area contributed by atoms with Crippen molar-refractivity contribution in [2.75, 3.05) is 5.75 Å². The van der Waals surface area contributed by atoms with Crippen molar-refractivity contribution < 1.29 is 24.2 Å². The number of thioether (sulfide) groups is 1. The monoisotopic (exact) mass is 371 g/mol. The van der Waals surface area contributed by atoms with Crippen LogP contribution in [0.25, 0.3) is 0 Å². The number of hydrogen-bond acceptors (Lipinski definition) is 6. The van der Waals surface area contributed by atoms with Crippen LogP contribution >= 0.6 is 11.8 Å². The Hall–Kier alpha value is -0.790. The van der Waals surface area contributed by atoms with Crippen molar-refractivity contribution in [2.45, 2.75) is 94.7 Å². The zero-order valence-corrected chi connectivity index (χ0v) is 15.5. The third kappa shape index (κ3) is 5.34. The molecule has 0 aromatic heterocycles. The van der Waals surface area contributed by atoms with E-state index in [0.717, 1.165) is 37.4 Å². The molecule has 3 fully saturated rings. The van der Waals surface area contributed by atoms with Gasteiger partial charge in [0.2, 0.25) is 0 Å². The number of rotatable bonds is 1. The van der Waals surface area contributed by atoms with Gasteiger partial charge in [0.15, 0.2) is 5.79 Å². The SMILES string of the molecule is O=C1CCCCCCCCCC2CC(C[C@](O)([C@@H]3CSC(=O)N3)O2)O1. The minimum atomic E-state index is -1.45. The average molecular weight is 371 g/mol. The highest BCUT2D eigenvalue weighted by molar-refractivity contribution is 8.14. The van der Waals surface area contributed by atoms with E-state index in [2.05, 4.69) is 5.32 Å². The highest BCUT2D eigenvalue weighted by Crippen LogP contribution is 2.36. The van der Waals surface area contributed by atoms with Crippen molar-refractivity contribution in [3.63, 3.8) is 0 Å². The van der Waals surface area contributed by atoms with Gasteiger partial charge < -0.3 is 19.9 Å². The van der Waals surface area contributed by atoms with Gasteiger partial charge in [0, 0.05) is 25.0 Å². The molecule has 3 aliphatic heterocycles. The summed E-state index contributed by atoms with van der Waals surface area (Å²) in [6.45, 7) is 0. The first-order chi connectivity index (χ1) is 12.0. The molecule has 0 aliphatic carbocycles. The minimum Gasteiger partial charge on any atom is -0.462 e. The van der Waals surface area contributed by atoms with Crippen LogP contribution in [0.5, 0.6) is 0 Å². The second-order valence-corrected chi connectivity index (χ2v) is 8.44. The van der Waals surface area contributed by atoms with E-state index in [1.165, 1.54) is 25.7 Å². The summed E-state index contributed by atoms with van der Waals surface area (Å²) in [7, 11) is 0. The van der Waals surface area contributed by atoms with Crippen LogP contribution in [0.4, 0.5) is 4.79 Å². The molecule has 0 radical (unpaired) electrons. The highest BCUT2D eigenvalue weighted by atomic mass is 32.2. The van der Waals surface area contributed by atoms with E-state index < -0.39 is 11.8 Å². The fourth-order valence-corrected chi connectivity index (χ4v) is 4.86. The first-order valence-electron chi connectivity index (χ1n) is 9.58. The summed E-state index contributed by atoms with van der Waals surface area (Å²) >= 11 is 1.16. The first-order valence-corrected chi connectivity index (χ1v) is 10.6. The molecule has 7 heteroatoms. The number of fused-ring (bicyclic) bond motifs is 2. The Morgan fingerprint density at radius 3 is 2.48 bits per heavy atom. The van der Waals surface area contributed by atoms with Crippen LogP contribution in [-0.2, 0) is 14.3 Å². The molecule has 2 N–H and O–H groups in total. The Bertz CT molecular complexity index is 488. The Morgan fingerprint density at radius 1 is 1.04 bits per heavy atom. The number of nitrogens with one attached hydrogen (secondary N) is 1. The topological polar surface area (TPSA) is 84.9 Å². The molecule has 4 atom stereocenters. The maximum absolute atomic E-state index is 12.1. The molecule has 3 aliphatic rings.